The molecule has 0 fully saturated rings. The van der Waals surface area contributed by atoms with Crippen molar-refractivity contribution in [1.29, 1.82) is 0 Å². The van der Waals surface area contributed by atoms with Gasteiger partial charge in [0, 0.05) is 42.9 Å². The second-order valence-corrected chi connectivity index (χ2v) is 13.7. The number of hydrogen-bond donors (Lipinski definition) is 0. The number of thiophene rings is 1. The largest absolute Gasteiger partial charge is 0.309 e. The highest BCUT2D eigenvalue weighted by Gasteiger charge is 2.23. The predicted molar refractivity (Wildman–Crippen MR) is 207 cm³/mol. The topological polar surface area (TPSA) is 35.6 Å². The third-order valence-corrected chi connectivity index (χ3v) is 11.0. The minimum atomic E-state index is 0.723. The second kappa shape index (κ2) is 10.1. The van der Waals surface area contributed by atoms with Crippen molar-refractivity contribution < 1.29 is 0 Å². The van der Waals surface area contributed by atoms with Gasteiger partial charge in [-0.3, -0.25) is 4.57 Å². The summed E-state index contributed by atoms with van der Waals surface area (Å²) in [6.45, 7) is 0. The third-order valence-electron chi connectivity index (χ3n) is 9.89. The van der Waals surface area contributed by atoms with Crippen molar-refractivity contribution in [1.82, 2.24) is 19.1 Å². The van der Waals surface area contributed by atoms with Gasteiger partial charge in [-0.05, 0) is 59.3 Å². The van der Waals surface area contributed by atoms with Crippen molar-refractivity contribution in [3.8, 4) is 22.9 Å². The predicted octanol–water partition coefficient (Wildman–Crippen LogP) is 11.9. The van der Waals surface area contributed by atoms with Gasteiger partial charge < -0.3 is 4.57 Å². The van der Waals surface area contributed by atoms with E-state index in [4.69, 9.17) is 9.97 Å². The summed E-state index contributed by atoms with van der Waals surface area (Å²) in [5.74, 6) is 1.63. The van der Waals surface area contributed by atoms with Gasteiger partial charge in [0.05, 0.1) is 32.3 Å². The molecule has 0 unspecified atom stereocenters. The molecule has 0 radical (unpaired) electrons. The Balaban J connectivity index is 1.32. The van der Waals surface area contributed by atoms with Gasteiger partial charge in [0.1, 0.15) is 0 Å². The molecule has 0 saturated heterocycles. The molecule has 7 aromatic carbocycles. The summed E-state index contributed by atoms with van der Waals surface area (Å²) in [5, 5.41) is 8.49. The number of hydrogen-bond acceptors (Lipinski definition) is 3. The summed E-state index contributed by atoms with van der Waals surface area (Å²) in [7, 11) is 0. The molecule has 5 heteroatoms. The zero-order valence-electron chi connectivity index (χ0n) is 26.2. The van der Waals surface area contributed by atoms with Gasteiger partial charge in [0.25, 0.3) is 0 Å². The summed E-state index contributed by atoms with van der Waals surface area (Å²) >= 11 is 1.78. The first-order valence-corrected chi connectivity index (χ1v) is 17.3. The number of rotatable bonds is 3. The first-order chi connectivity index (χ1) is 24.3. The number of nitrogens with zero attached hydrogens (tertiary/aromatic N) is 4. The van der Waals surface area contributed by atoms with E-state index in [0.717, 1.165) is 49.5 Å². The van der Waals surface area contributed by atoms with E-state index < -0.39 is 0 Å². The van der Waals surface area contributed by atoms with Gasteiger partial charge in [-0.2, -0.15) is 0 Å². The monoisotopic (exact) mass is 642 g/mol. The highest BCUT2D eigenvalue weighted by atomic mass is 32.1. The second-order valence-electron chi connectivity index (χ2n) is 12.6. The Kier molecular flexibility index (Phi) is 5.51. The van der Waals surface area contributed by atoms with E-state index in [2.05, 4.69) is 161 Å². The molecular formula is C44H26N4S. The van der Waals surface area contributed by atoms with Crippen molar-refractivity contribution in [2.45, 2.75) is 0 Å². The van der Waals surface area contributed by atoms with Gasteiger partial charge in [0.15, 0.2) is 11.6 Å². The molecule has 228 valence electrons. The van der Waals surface area contributed by atoms with E-state index >= 15 is 0 Å². The Hall–Kier alpha value is -6.30. The first-order valence-electron chi connectivity index (χ1n) is 16.5. The Bertz CT molecular complexity index is 3100. The third kappa shape index (κ3) is 3.85. The SMILES string of the molecule is c1ccc(-c2nc(-n3c4ccccc4c4cc5c6ccccc6n(-c6ccccc6)c5cc43)c3sc4cc5ccccc5cc4c3n2)cc1. The Labute approximate surface area is 284 Å². The molecule has 0 aliphatic heterocycles. The van der Waals surface area contributed by atoms with E-state index in [-0.39, 0.29) is 0 Å². The Morgan fingerprint density at radius 2 is 1.02 bits per heavy atom. The van der Waals surface area contributed by atoms with Crippen LogP contribution in [0.1, 0.15) is 0 Å². The molecule has 49 heavy (non-hydrogen) atoms. The van der Waals surface area contributed by atoms with Crippen LogP contribution >= 0.6 is 11.3 Å². The smallest absolute Gasteiger partial charge is 0.162 e. The molecule has 0 saturated carbocycles. The maximum atomic E-state index is 5.44. The minimum Gasteiger partial charge on any atom is -0.309 e. The number of para-hydroxylation sites is 3. The van der Waals surface area contributed by atoms with Crippen molar-refractivity contribution in [3.63, 3.8) is 0 Å². The number of fused-ring (bicyclic) bond motifs is 10. The van der Waals surface area contributed by atoms with Crippen LogP contribution in [-0.4, -0.2) is 19.1 Å². The van der Waals surface area contributed by atoms with Crippen molar-refractivity contribution in [3.05, 3.63) is 158 Å². The number of benzene rings is 7. The normalized spacial score (nSPS) is 12.1. The molecule has 11 rings (SSSR count). The molecule has 4 heterocycles. The highest BCUT2D eigenvalue weighted by Crippen LogP contribution is 2.43. The maximum absolute atomic E-state index is 5.44. The molecule has 0 N–H and O–H groups in total. The summed E-state index contributed by atoms with van der Waals surface area (Å²) in [5.41, 5.74) is 7.73. The summed E-state index contributed by atoms with van der Waals surface area (Å²) < 4.78 is 7.06. The van der Waals surface area contributed by atoms with E-state index in [0.29, 0.717) is 0 Å². The Morgan fingerprint density at radius 3 is 1.76 bits per heavy atom. The molecule has 0 atom stereocenters. The van der Waals surface area contributed by atoms with Crippen LogP contribution in [0.3, 0.4) is 0 Å². The fourth-order valence-electron chi connectivity index (χ4n) is 7.70. The number of aromatic nitrogens is 4. The maximum Gasteiger partial charge on any atom is 0.162 e. The molecule has 0 spiro atoms. The van der Waals surface area contributed by atoms with Crippen LogP contribution in [0.5, 0.6) is 0 Å². The fourth-order valence-corrected chi connectivity index (χ4v) is 8.85. The minimum absolute atomic E-state index is 0.723. The van der Waals surface area contributed by atoms with E-state index in [1.165, 1.54) is 48.1 Å². The summed E-state index contributed by atoms with van der Waals surface area (Å²) in [6, 6.07) is 56.4. The molecule has 11 aromatic rings. The first kappa shape index (κ1) is 26.7. The lowest BCUT2D eigenvalue weighted by molar-refractivity contribution is 1.08. The molecule has 4 nitrogen and oxygen atoms in total. The van der Waals surface area contributed by atoms with Crippen molar-refractivity contribution in [2.24, 2.45) is 0 Å². The van der Waals surface area contributed by atoms with E-state index in [1.54, 1.807) is 11.3 Å². The highest BCUT2D eigenvalue weighted by molar-refractivity contribution is 7.26. The quantitative estimate of drug-likeness (QED) is 0.192. The average molecular weight is 643 g/mol. The van der Waals surface area contributed by atoms with E-state index in [9.17, 15) is 0 Å². The molecule has 0 amide bonds. The molecule has 4 aromatic heterocycles. The van der Waals surface area contributed by atoms with Crippen LogP contribution in [0.4, 0.5) is 0 Å². The van der Waals surface area contributed by atoms with Gasteiger partial charge in [-0.15, -0.1) is 11.3 Å². The zero-order chi connectivity index (χ0) is 32.1. The van der Waals surface area contributed by atoms with Crippen molar-refractivity contribution >= 4 is 86.0 Å². The van der Waals surface area contributed by atoms with Crippen LogP contribution in [0.2, 0.25) is 0 Å². The standard InChI is InChI=1S/C44H26N4S/c1-3-13-27(14-4-1)43-45-41-35-23-28-15-7-8-16-29(28)24-40(35)49-42(41)44(46-43)48-37-22-12-10-20-32(37)34-25-33-31-19-9-11-21-36(31)47(38(33)26-39(34)48)30-17-5-2-6-18-30/h1-26H. The molecule has 0 bridgehead atoms. The molecule has 0 aliphatic rings. The van der Waals surface area contributed by atoms with Crippen LogP contribution in [-0.2, 0) is 0 Å². The summed E-state index contributed by atoms with van der Waals surface area (Å²) in [4.78, 5) is 10.7. The zero-order valence-corrected chi connectivity index (χ0v) is 27.0. The van der Waals surface area contributed by atoms with E-state index in [1.807, 2.05) is 6.07 Å². The van der Waals surface area contributed by atoms with Gasteiger partial charge in [0.2, 0.25) is 0 Å². The summed E-state index contributed by atoms with van der Waals surface area (Å²) in [6.07, 6.45) is 0. The lowest BCUT2D eigenvalue weighted by atomic mass is 10.1. The van der Waals surface area contributed by atoms with Crippen molar-refractivity contribution in [2.75, 3.05) is 0 Å². The molecular weight excluding hydrogens is 617 g/mol. The molecule has 0 aliphatic carbocycles. The lowest BCUT2D eigenvalue weighted by Crippen LogP contribution is -2.01. The Morgan fingerprint density at radius 1 is 0.429 bits per heavy atom. The van der Waals surface area contributed by atoms with Crippen LogP contribution in [0.25, 0.3) is 97.6 Å². The van der Waals surface area contributed by atoms with Crippen LogP contribution in [0.15, 0.2) is 158 Å². The van der Waals surface area contributed by atoms with Gasteiger partial charge in [-0.25, -0.2) is 9.97 Å². The van der Waals surface area contributed by atoms with Gasteiger partial charge >= 0.3 is 0 Å². The van der Waals surface area contributed by atoms with Crippen LogP contribution < -0.4 is 0 Å². The van der Waals surface area contributed by atoms with Gasteiger partial charge in [-0.1, -0.05) is 109 Å². The van der Waals surface area contributed by atoms with Crippen LogP contribution in [0, 0.1) is 0 Å². The average Bonchev–Trinajstić information content (AvgIpc) is 3.80. The lowest BCUT2D eigenvalue weighted by Gasteiger charge is -2.11. The fraction of sp³-hybridized carbons (Fsp3) is 0.